The van der Waals surface area contributed by atoms with Crippen LogP contribution in [-0.4, -0.2) is 25.0 Å². The Hall–Kier alpha value is -0.900. The number of amides is 2. The molecule has 0 aromatic heterocycles. The SMILES string of the molecule is CCCC1C(=O)NC(=O)CC12CCC(OC)CC2. The molecule has 1 aliphatic carbocycles. The summed E-state index contributed by atoms with van der Waals surface area (Å²) in [6, 6.07) is 0. The number of hydrogen-bond donors (Lipinski definition) is 1. The van der Waals surface area contributed by atoms with Gasteiger partial charge in [-0.05, 0) is 37.5 Å². The minimum Gasteiger partial charge on any atom is -0.381 e. The molecule has 4 heteroatoms. The Balaban J connectivity index is 2.15. The van der Waals surface area contributed by atoms with Gasteiger partial charge in [-0.25, -0.2) is 0 Å². The van der Waals surface area contributed by atoms with E-state index in [0.29, 0.717) is 12.5 Å². The van der Waals surface area contributed by atoms with Crippen LogP contribution in [0.5, 0.6) is 0 Å². The second kappa shape index (κ2) is 5.39. The highest BCUT2D eigenvalue weighted by molar-refractivity contribution is 5.99. The van der Waals surface area contributed by atoms with E-state index in [4.69, 9.17) is 4.74 Å². The van der Waals surface area contributed by atoms with E-state index in [2.05, 4.69) is 12.2 Å². The Morgan fingerprint density at radius 1 is 1.33 bits per heavy atom. The molecule has 0 bridgehead atoms. The number of carbonyl (C=O) groups excluding carboxylic acids is 2. The third kappa shape index (κ3) is 2.44. The molecule has 1 saturated carbocycles. The van der Waals surface area contributed by atoms with Crippen molar-refractivity contribution < 1.29 is 14.3 Å². The molecule has 1 N–H and O–H groups in total. The molecule has 1 atom stereocenters. The Morgan fingerprint density at radius 2 is 2.00 bits per heavy atom. The molecule has 18 heavy (non-hydrogen) atoms. The highest BCUT2D eigenvalue weighted by atomic mass is 16.5. The third-order valence-corrected chi connectivity index (χ3v) is 4.67. The molecule has 2 amide bonds. The lowest BCUT2D eigenvalue weighted by atomic mass is 9.60. The average Bonchev–Trinajstić information content (AvgIpc) is 2.35. The molecule has 0 radical (unpaired) electrons. The Bertz CT molecular complexity index is 332. The van der Waals surface area contributed by atoms with Gasteiger partial charge in [-0.1, -0.05) is 13.3 Å². The number of nitrogens with one attached hydrogen (secondary N) is 1. The van der Waals surface area contributed by atoms with E-state index in [1.165, 1.54) is 0 Å². The maximum Gasteiger partial charge on any atom is 0.230 e. The van der Waals surface area contributed by atoms with Gasteiger partial charge in [0.2, 0.25) is 11.8 Å². The zero-order chi connectivity index (χ0) is 13.2. The van der Waals surface area contributed by atoms with Gasteiger partial charge in [0.25, 0.3) is 0 Å². The van der Waals surface area contributed by atoms with Crippen LogP contribution < -0.4 is 5.32 Å². The summed E-state index contributed by atoms with van der Waals surface area (Å²) in [7, 11) is 1.74. The molecule has 2 fully saturated rings. The van der Waals surface area contributed by atoms with Crippen molar-refractivity contribution in [2.45, 2.75) is 58.0 Å². The Labute approximate surface area is 108 Å². The van der Waals surface area contributed by atoms with Crippen molar-refractivity contribution in [2.75, 3.05) is 7.11 Å². The fourth-order valence-corrected chi connectivity index (χ4v) is 3.64. The molecular weight excluding hydrogens is 230 g/mol. The van der Waals surface area contributed by atoms with Crippen molar-refractivity contribution >= 4 is 11.8 Å². The molecule has 0 aromatic rings. The Morgan fingerprint density at radius 3 is 2.56 bits per heavy atom. The summed E-state index contributed by atoms with van der Waals surface area (Å²) in [5.74, 6) is -0.134. The van der Waals surface area contributed by atoms with Gasteiger partial charge in [0, 0.05) is 19.4 Å². The van der Waals surface area contributed by atoms with Crippen LogP contribution in [0.15, 0.2) is 0 Å². The van der Waals surface area contributed by atoms with Gasteiger partial charge in [0.05, 0.1) is 6.10 Å². The molecule has 2 rings (SSSR count). The number of carbonyl (C=O) groups is 2. The van der Waals surface area contributed by atoms with Crippen LogP contribution >= 0.6 is 0 Å². The van der Waals surface area contributed by atoms with Crippen LogP contribution in [0.3, 0.4) is 0 Å². The van der Waals surface area contributed by atoms with Gasteiger partial charge >= 0.3 is 0 Å². The lowest BCUT2D eigenvalue weighted by molar-refractivity contribution is -0.147. The number of ether oxygens (including phenoxy) is 1. The summed E-state index contributed by atoms with van der Waals surface area (Å²) in [5.41, 5.74) is -0.0928. The fraction of sp³-hybridized carbons (Fsp3) is 0.857. The van der Waals surface area contributed by atoms with E-state index < -0.39 is 0 Å². The van der Waals surface area contributed by atoms with Crippen molar-refractivity contribution in [1.29, 1.82) is 0 Å². The first-order valence-corrected chi connectivity index (χ1v) is 6.98. The van der Waals surface area contributed by atoms with Crippen LogP contribution in [0.1, 0.15) is 51.9 Å². The molecule has 1 spiro atoms. The highest BCUT2D eigenvalue weighted by Crippen LogP contribution is 2.49. The van der Waals surface area contributed by atoms with Gasteiger partial charge in [-0.15, -0.1) is 0 Å². The molecule has 4 nitrogen and oxygen atoms in total. The lowest BCUT2D eigenvalue weighted by Gasteiger charge is -2.46. The van der Waals surface area contributed by atoms with E-state index in [-0.39, 0.29) is 23.1 Å². The monoisotopic (exact) mass is 253 g/mol. The predicted molar refractivity (Wildman–Crippen MR) is 67.9 cm³/mol. The average molecular weight is 253 g/mol. The number of imide groups is 1. The molecule has 2 aliphatic rings. The van der Waals surface area contributed by atoms with Gasteiger partial charge < -0.3 is 4.74 Å². The largest absolute Gasteiger partial charge is 0.381 e. The maximum atomic E-state index is 12.1. The third-order valence-electron chi connectivity index (χ3n) is 4.67. The van der Waals surface area contributed by atoms with Crippen LogP contribution in [-0.2, 0) is 14.3 Å². The second-order valence-corrected chi connectivity index (χ2v) is 5.73. The molecule has 1 saturated heterocycles. The van der Waals surface area contributed by atoms with E-state index in [9.17, 15) is 9.59 Å². The second-order valence-electron chi connectivity index (χ2n) is 5.73. The molecule has 102 valence electrons. The van der Waals surface area contributed by atoms with Crippen LogP contribution in [0, 0.1) is 11.3 Å². The topological polar surface area (TPSA) is 55.4 Å². The van der Waals surface area contributed by atoms with E-state index >= 15 is 0 Å². The number of piperidine rings is 1. The number of hydrogen-bond acceptors (Lipinski definition) is 3. The van der Waals surface area contributed by atoms with Crippen LogP contribution in [0.2, 0.25) is 0 Å². The highest BCUT2D eigenvalue weighted by Gasteiger charge is 2.49. The summed E-state index contributed by atoms with van der Waals surface area (Å²) in [6.07, 6.45) is 6.51. The fourth-order valence-electron chi connectivity index (χ4n) is 3.64. The number of methoxy groups -OCH3 is 1. The zero-order valence-corrected chi connectivity index (χ0v) is 11.3. The summed E-state index contributed by atoms with van der Waals surface area (Å²) in [4.78, 5) is 23.7. The van der Waals surface area contributed by atoms with Crippen molar-refractivity contribution in [1.82, 2.24) is 5.32 Å². The standard InChI is InChI=1S/C14H23NO3/c1-3-4-11-13(17)15-12(16)9-14(11)7-5-10(18-2)6-8-14/h10-11H,3-9H2,1-2H3,(H,15,16,17). The molecule has 1 unspecified atom stereocenters. The summed E-state index contributed by atoms with van der Waals surface area (Å²) in [5, 5.41) is 2.50. The first-order valence-electron chi connectivity index (χ1n) is 6.98. The van der Waals surface area contributed by atoms with E-state index in [0.717, 1.165) is 38.5 Å². The minimum atomic E-state index is -0.0942. The van der Waals surface area contributed by atoms with Crippen molar-refractivity contribution in [3.8, 4) is 0 Å². The summed E-state index contributed by atoms with van der Waals surface area (Å²) < 4.78 is 5.39. The van der Waals surface area contributed by atoms with Gasteiger partial charge in [0.15, 0.2) is 0 Å². The quantitative estimate of drug-likeness (QED) is 0.783. The van der Waals surface area contributed by atoms with E-state index in [1.54, 1.807) is 7.11 Å². The summed E-state index contributed by atoms with van der Waals surface area (Å²) >= 11 is 0. The molecule has 0 aromatic carbocycles. The van der Waals surface area contributed by atoms with E-state index in [1.807, 2.05) is 0 Å². The minimum absolute atomic E-state index is 0.0120. The Kier molecular flexibility index (Phi) is 4.05. The molecule has 1 heterocycles. The van der Waals surface area contributed by atoms with Crippen molar-refractivity contribution in [3.63, 3.8) is 0 Å². The first kappa shape index (κ1) is 13.5. The zero-order valence-electron chi connectivity index (χ0n) is 11.3. The van der Waals surface area contributed by atoms with Gasteiger partial charge in [-0.2, -0.15) is 0 Å². The summed E-state index contributed by atoms with van der Waals surface area (Å²) in [6.45, 7) is 2.10. The van der Waals surface area contributed by atoms with Crippen molar-refractivity contribution in [3.05, 3.63) is 0 Å². The number of rotatable bonds is 3. The van der Waals surface area contributed by atoms with Crippen molar-refractivity contribution in [2.24, 2.45) is 11.3 Å². The predicted octanol–water partition coefficient (Wildman–Crippen LogP) is 2.02. The van der Waals surface area contributed by atoms with Crippen LogP contribution in [0.4, 0.5) is 0 Å². The molecular formula is C14H23NO3. The molecule has 1 aliphatic heterocycles. The smallest absolute Gasteiger partial charge is 0.230 e. The lowest BCUT2D eigenvalue weighted by Crippen LogP contribution is -2.53. The first-order chi connectivity index (χ1) is 8.61. The maximum absolute atomic E-state index is 12.1. The normalized spacial score (nSPS) is 36.8. The van der Waals surface area contributed by atoms with Crippen LogP contribution in [0.25, 0.3) is 0 Å². The van der Waals surface area contributed by atoms with Gasteiger partial charge in [-0.3, -0.25) is 14.9 Å². The van der Waals surface area contributed by atoms with Gasteiger partial charge in [0.1, 0.15) is 0 Å².